The fraction of sp³-hybridized carbons (Fsp3) is 0.636. The molecular weight excluding hydrogens is 214 g/mol. The zero-order valence-electron chi connectivity index (χ0n) is 8.42. The Hall–Kier alpha value is -0.0500. The lowest BCUT2D eigenvalue weighted by Crippen LogP contribution is -2.29. The Morgan fingerprint density at radius 2 is 2.36 bits per heavy atom. The lowest BCUT2D eigenvalue weighted by molar-refractivity contribution is 0.501. The first-order valence-electron chi connectivity index (χ1n) is 5.23. The Morgan fingerprint density at radius 3 is 2.93 bits per heavy atom. The lowest BCUT2D eigenvalue weighted by atomic mass is 10.2. The van der Waals surface area contributed by atoms with E-state index in [1.54, 1.807) is 11.3 Å². The molecule has 1 unspecified atom stereocenters. The molecule has 0 saturated heterocycles. The summed E-state index contributed by atoms with van der Waals surface area (Å²) in [6, 6.07) is 4.80. The van der Waals surface area contributed by atoms with Gasteiger partial charge < -0.3 is 5.32 Å². The largest absolute Gasteiger partial charge is 0.314 e. The molecule has 1 aromatic rings. The average Bonchev–Trinajstić information content (AvgIpc) is 2.92. The van der Waals surface area contributed by atoms with Crippen LogP contribution in [0.5, 0.6) is 0 Å². The standard InChI is InChI=1S/C11H16ClNS/c1-8(9-2-3-9)13-7-6-10-4-5-11(12)14-10/h4-5,8-9,13H,2-3,6-7H2,1H3. The van der Waals surface area contributed by atoms with E-state index in [1.165, 1.54) is 17.7 Å². The molecule has 1 atom stereocenters. The molecule has 2 rings (SSSR count). The molecule has 0 aromatic carbocycles. The van der Waals surface area contributed by atoms with E-state index in [9.17, 15) is 0 Å². The van der Waals surface area contributed by atoms with Crippen LogP contribution < -0.4 is 5.32 Å². The van der Waals surface area contributed by atoms with Crippen molar-refractivity contribution in [2.45, 2.75) is 32.2 Å². The van der Waals surface area contributed by atoms with Crippen LogP contribution in [-0.2, 0) is 6.42 Å². The summed E-state index contributed by atoms with van der Waals surface area (Å²) in [5.74, 6) is 0.946. The van der Waals surface area contributed by atoms with Gasteiger partial charge in [0.25, 0.3) is 0 Å². The summed E-state index contributed by atoms with van der Waals surface area (Å²) in [6.07, 6.45) is 3.94. The van der Waals surface area contributed by atoms with Crippen LogP contribution in [0.3, 0.4) is 0 Å². The topological polar surface area (TPSA) is 12.0 Å². The van der Waals surface area contributed by atoms with E-state index in [0.29, 0.717) is 6.04 Å². The molecule has 1 fully saturated rings. The Balaban J connectivity index is 1.67. The van der Waals surface area contributed by atoms with Crippen molar-refractivity contribution in [3.63, 3.8) is 0 Å². The summed E-state index contributed by atoms with van der Waals surface area (Å²) in [5.41, 5.74) is 0. The fourth-order valence-electron chi connectivity index (χ4n) is 1.67. The highest BCUT2D eigenvalue weighted by atomic mass is 35.5. The second-order valence-corrected chi connectivity index (χ2v) is 5.84. The van der Waals surface area contributed by atoms with Crippen molar-refractivity contribution in [2.24, 2.45) is 5.92 Å². The van der Waals surface area contributed by atoms with Gasteiger partial charge in [-0.15, -0.1) is 11.3 Å². The van der Waals surface area contributed by atoms with E-state index in [1.807, 2.05) is 6.07 Å². The fourth-order valence-corrected chi connectivity index (χ4v) is 2.76. The van der Waals surface area contributed by atoms with Crippen molar-refractivity contribution in [1.29, 1.82) is 0 Å². The second kappa shape index (κ2) is 4.65. The number of halogens is 1. The summed E-state index contributed by atoms with van der Waals surface area (Å²) < 4.78 is 0.898. The van der Waals surface area contributed by atoms with Crippen molar-refractivity contribution in [1.82, 2.24) is 5.32 Å². The molecule has 1 heterocycles. The maximum absolute atomic E-state index is 5.86. The Labute approximate surface area is 94.5 Å². The molecule has 1 aromatic heterocycles. The highest BCUT2D eigenvalue weighted by Gasteiger charge is 2.27. The number of hydrogen-bond donors (Lipinski definition) is 1. The van der Waals surface area contributed by atoms with Crippen LogP contribution in [0.15, 0.2) is 12.1 Å². The normalized spacial score (nSPS) is 18.4. The summed E-state index contributed by atoms with van der Waals surface area (Å²) >= 11 is 7.55. The number of hydrogen-bond acceptors (Lipinski definition) is 2. The first-order chi connectivity index (χ1) is 6.75. The van der Waals surface area contributed by atoms with Gasteiger partial charge in [-0.25, -0.2) is 0 Å². The molecule has 1 saturated carbocycles. The maximum Gasteiger partial charge on any atom is 0.0931 e. The summed E-state index contributed by atoms with van der Waals surface area (Å²) in [4.78, 5) is 1.38. The van der Waals surface area contributed by atoms with Crippen molar-refractivity contribution in [3.8, 4) is 0 Å². The number of rotatable bonds is 5. The first-order valence-corrected chi connectivity index (χ1v) is 6.43. The molecule has 3 heteroatoms. The van der Waals surface area contributed by atoms with Gasteiger partial charge in [-0.05, 0) is 44.2 Å². The highest BCUT2D eigenvalue weighted by molar-refractivity contribution is 7.16. The quantitative estimate of drug-likeness (QED) is 0.817. The molecule has 0 spiro atoms. The van der Waals surface area contributed by atoms with Crippen LogP contribution in [0.1, 0.15) is 24.6 Å². The molecule has 0 bridgehead atoms. The van der Waals surface area contributed by atoms with E-state index in [2.05, 4.69) is 18.3 Å². The molecule has 0 aliphatic heterocycles. The third kappa shape index (κ3) is 2.97. The number of nitrogens with one attached hydrogen (secondary N) is 1. The molecule has 14 heavy (non-hydrogen) atoms. The van der Waals surface area contributed by atoms with Crippen molar-refractivity contribution < 1.29 is 0 Å². The molecular formula is C11H16ClNS. The summed E-state index contributed by atoms with van der Waals surface area (Å²) in [7, 11) is 0. The predicted molar refractivity (Wildman–Crippen MR) is 63.2 cm³/mol. The van der Waals surface area contributed by atoms with Gasteiger partial charge in [0.15, 0.2) is 0 Å². The van der Waals surface area contributed by atoms with Crippen LogP contribution >= 0.6 is 22.9 Å². The van der Waals surface area contributed by atoms with Gasteiger partial charge in [-0.1, -0.05) is 11.6 Å². The minimum absolute atomic E-state index is 0.699. The van der Waals surface area contributed by atoms with Gasteiger partial charge in [0.1, 0.15) is 0 Å². The maximum atomic E-state index is 5.86. The zero-order chi connectivity index (χ0) is 9.97. The Bertz CT molecular complexity index is 293. The van der Waals surface area contributed by atoms with Crippen molar-refractivity contribution in [3.05, 3.63) is 21.3 Å². The van der Waals surface area contributed by atoms with Gasteiger partial charge >= 0.3 is 0 Å². The van der Waals surface area contributed by atoms with Gasteiger partial charge in [0.2, 0.25) is 0 Å². The Kier molecular flexibility index (Phi) is 3.47. The van der Waals surface area contributed by atoms with E-state index in [4.69, 9.17) is 11.6 Å². The SMILES string of the molecule is CC(NCCc1ccc(Cl)s1)C1CC1. The minimum atomic E-state index is 0.699. The van der Waals surface area contributed by atoms with Gasteiger partial charge in [0.05, 0.1) is 4.34 Å². The van der Waals surface area contributed by atoms with E-state index in [0.717, 1.165) is 23.2 Å². The summed E-state index contributed by atoms with van der Waals surface area (Å²) in [5, 5.41) is 3.57. The molecule has 1 aliphatic carbocycles. The predicted octanol–water partition coefficient (Wildman–Crippen LogP) is 3.33. The third-order valence-corrected chi connectivity index (χ3v) is 4.09. The molecule has 78 valence electrons. The van der Waals surface area contributed by atoms with Crippen LogP contribution in [-0.4, -0.2) is 12.6 Å². The highest BCUT2D eigenvalue weighted by Crippen LogP contribution is 2.32. The summed E-state index contributed by atoms with van der Waals surface area (Å²) in [6.45, 7) is 3.37. The van der Waals surface area contributed by atoms with E-state index in [-0.39, 0.29) is 0 Å². The molecule has 1 N–H and O–H groups in total. The second-order valence-electron chi connectivity index (χ2n) is 4.04. The van der Waals surface area contributed by atoms with Crippen molar-refractivity contribution in [2.75, 3.05) is 6.54 Å². The third-order valence-electron chi connectivity index (χ3n) is 2.80. The van der Waals surface area contributed by atoms with Crippen LogP contribution in [0, 0.1) is 5.92 Å². The molecule has 1 aliphatic rings. The molecule has 0 radical (unpaired) electrons. The van der Waals surface area contributed by atoms with Crippen LogP contribution in [0.25, 0.3) is 0 Å². The Morgan fingerprint density at radius 1 is 1.57 bits per heavy atom. The smallest absolute Gasteiger partial charge is 0.0931 e. The van der Waals surface area contributed by atoms with Crippen LogP contribution in [0.2, 0.25) is 4.34 Å². The van der Waals surface area contributed by atoms with E-state index < -0.39 is 0 Å². The van der Waals surface area contributed by atoms with Gasteiger partial charge in [-0.2, -0.15) is 0 Å². The van der Waals surface area contributed by atoms with Crippen molar-refractivity contribution >= 4 is 22.9 Å². The molecule has 0 amide bonds. The zero-order valence-corrected chi connectivity index (χ0v) is 10.00. The minimum Gasteiger partial charge on any atom is -0.314 e. The average molecular weight is 230 g/mol. The first kappa shape index (κ1) is 10.5. The lowest BCUT2D eigenvalue weighted by Gasteiger charge is -2.11. The van der Waals surface area contributed by atoms with Gasteiger partial charge in [0, 0.05) is 17.5 Å². The van der Waals surface area contributed by atoms with Gasteiger partial charge in [-0.3, -0.25) is 0 Å². The molecule has 1 nitrogen and oxygen atoms in total. The monoisotopic (exact) mass is 229 g/mol. The van der Waals surface area contributed by atoms with Crippen LogP contribution in [0.4, 0.5) is 0 Å². The number of thiophene rings is 1. The van der Waals surface area contributed by atoms with E-state index >= 15 is 0 Å².